The molecule has 1 aromatic rings. The monoisotopic (exact) mass is 292 g/mol. The molecule has 1 aliphatic rings. The highest BCUT2D eigenvalue weighted by Gasteiger charge is 2.38. The van der Waals surface area contributed by atoms with Crippen molar-refractivity contribution in [2.45, 2.75) is 39.0 Å². The topological polar surface area (TPSA) is 81.9 Å². The summed E-state index contributed by atoms with van der Waals surface area (Å²) >= 11 is 0. The maximum absolute atomic E-state index is 12.5. The number of hydrogen-bond acceptors (Lipinski definition) is 5. The van der Waals surface area contributed by atoms with E-state index in [1.54, 1.807) is 19.1 Å². The van der Waals surface area contributed by atoms with Crippen LogP contribution >= 0.6 is 0 Å². The van der Waals surface area contributed by atoms with Crippen molar-refractivity contribution in [1.29, 1.82) is 0 Å². The summed E-state index contributed by atoms with van der Waals surface area (Å²) in [4.78, 5) is 25.8. The lowest BCUT2D eigenvalue weighted by atomic mass is 10.1. The Balaban J connectivity index is 2.50. The lowest BCUT2D eigenvalue weighted by Gasteiger charge is -2.36. The average molecular weight is 292 g/mol. The van der Waals surface area contributed by atoms with Gasteiger partial charge < -0.3 is 15.2 Å². The number of esters is 1. The molecule has 2 atom stereocenters. The first kappa shape index (κ1) is 15.3. The van der Waals surface area contributed by atoms with E-state index < -0.39 is 18.1 Å². The molecule has 0 fully saturated rings. The molecule has 0 radical (unpaired) electrons. The number of carbonyl (C=O) groups is 2. The van der Waals surface area contributed by atoms with Gasteiger partial charge in [0.15, 0.2) is 6.10 Å². The van der Waals surface area contributed by atoms with Gasteiger partial charge in [0.25, 0.3) is 5.91 Å². The molecule has 21 heavy (non-hydrogen) atoms. The predicted octanol–water partition coefficient (Wildman–Crippen LogP) is 1.21. The standard InChI is InChI=1S/C15H20N2O4/c1-4-12-14(18)17(9(2)15(19)20-3)11-7-10(8-16)5-6-13(11)21-12/h5-7,9,12H,4,8,16H2,1-3H3. The van der Waals surface area contributed by atoms with Gasteiger partial charge in [0.1, 0.15) is 11.8 Å². The van der Waals surface area contributed by atoms with E-state index in [1.807, 2.05) is 13.0 Å². The summed E-state index contributed by atoms with van der Waals surface area (Å²) in [6, 6.07) is 4.69. The van der Waals surface area contributed by atoms with E-state index in [0.29, 0.717) is 24.4 Å². The van der Waals surface area contributed by atoms with Crippen molar-refractivity contribution in [3.05, 3.63) is 23.8 Å². The number of ether oxygens (including phenoxy) is 2. The lowest BCUT2D eigenvalue weighted by molar-refractivity contribution is -0.144. The fourth-order valence-electron chi connectivity index (χ4n) is 2.39. The van der Waals surface area contributed by atoms with E-state index in [-0.39, 0.29) is 5.91 Å². The minimum atomic E-state index is -0.716. The molecule has 2 rings (SSSR count). The number of carbonyl (C=O) groups excluding carboxylic acids is 2. The van der Waals surface area contributed by atoms with Crippen LogP contribution in [0, 0.1) is 0 Å². The zero-order valence-electron chi connectivity index (χ0n) is 12.5. The van der Waals surface area contributed by atoms with Crippen molar-refractivity contribution in [2.24, 2.45) is 5.73 Å². The number of anilines is 1. The number of nitrogens with two attached hydrogens (primary N) is 1. The molecular weight excluding hydrogens is 272 g/mol. The molecule has 0 saturated heterocycles. The number of fused-ring (bicyclic) bond motifs is 1. The van der Waals surface area contributed by atoms with Crippen LogP contribution in [-0.4, -0.2) is 31.1 Å². The zero-order chi connectivity index (χ0) is 15.6. The van der Waals surface area contributed by atoms with Crippen LogP contribution in [0.2, 0.25) is 0 Å². The summed E-state index contributed by atoms with van der Waals surface area (Å²) in [5.74, 6) is -0.129. The summed E-state index contributed by atoms with van der Waals surface area (Å²) in [5, 5.41) is 0. The van der Waals surface area contributed by atoms with Crippen LogP contribution in [0.15, 0.2) is 18.2 Å². The van der Waals surface area contributed by atoms with Crippen molar-refractivity contribution >= 4 is 17.6 Å². The minimum absolute atomic E-state index is 0.239. The van der Waals surface area contributed by atoms with E-state index in [4.69, 9.17) is 15.2 Å². The van der Waals surface area contributed by atoms with Crippen LogP contribution in [-0.2, 0) is 20.9 Å². The van der Waals surface area contributed by atoms with Gasteiger partial charge in [-0.2, -0.15) is 0 Å². The van der Waals surface area contributed by atoms with Gasteiger partial charge in [0.05, 0.1) is 12.8 Å². The lowest BCUT2D eigenvalue weighted by Crippen LogP contribution is -2.52. The summed E-state index contributed by atoms with van der Waals surface area (Å²) in [7, 11) is 1.30. The van der Waals surface area contributed by atoms with E-state index in [9.17, 15) is 9.59 Å². The molecule has 1 aromatic carbocycles. The Labute approximate surface area is 123 Å². The maximum atomic E-state index is 12.5. The van der Waals surface area contributed by atoms with Crippen molar-refractivity contribution < 1.29 is 19.1 Å². The summed E-state index contributed by atoms with van der Waals surface area (Å²) < 4.78 is 10.5. The number of amides is 1. The molecule has 1 aliphatic heterocycles. The van der Waals surface area contributed by atoms with Gasteiger partial charge in [0.2, 0.25) is 0 Å². The number of nitrogens with zero attached hydrogens (tertiary/aromatic N) is 1. The molecule has 1 heterocycles. The van der Waals surface area contributed by atoms with Crippen LogP contribution in [0.5, 0.6) is 5.75 Å². The van der Waals surface area contributed by atoms with E-state index >= 15 is 0 Å². The van der Waals surface area contributed by atoms with Crippen LogP contribution < -0.4 is 15.4 Å². The van der Waals surface area contributed by atoms with Crippen molar-refractivity contribution in [3.8, 4) is 5.75 Å². The maximum Gasteiger partial charge on any atom is 0.328 e. The molecule has 0 aromatic heterocycles. The number of benzene rings is 1. The van der Waals surface area contributed by atoms with Gasteiger partial charge in [-0.25, -0.2) is 4.79 Å². The first-order valence-electron chi connectivity index (χ1n) is 6.94. The highest BCUT2D eigenvalue weighted by molar-refractivity contribution is 6.04. The molecule has 6 nitrogen and oxygen atoms in total. The van der Waals surface area contributed by atoms with Crippen molar-refractivity contribution in [3.63, 3.8) is 0 Å². The van der Waals surface area contributed by atoms with E-state index in [1.165, 1.54) is 12.0 Å². The predicted molar refractivity (Wildman–Crippen MR) is 78.0 cm³/mol. The van der Waals surface area contributed by atoms with Gasteiger partial charge in [-0.1, -0.05) is 13.0 Å². The Bertz CT molecular complexity index is 559. The Kier molecular flexibility index (Phi) is 4.47. The van der Waals surface area contributed by atoms with Gasteiger partial charge in [-0.05, 0) is 31.0 Å². The quantitative estimate of drug-likeness (QED) is 0.844. The minimum Gasteiger partial charge on any atom is -0.478 e. The molecule has 0 spiro atoms. The second kappa shape index (κ2) is 6.13. The normalized spacial score (nSPS) is 18.8. The van der Waals surface area contributed by atoms with E-state index in [0.717, 1.165) is 5.56 Å². The second-order valence-corrected chi connectivity index (χ2v) is 4.93. The molecule has 2 N–H and O–H groups in total. The summed E-state index contributed by atoms with van der Waals surface area (Å²) in [6.07, 6.45) is -0.0604. The smallest absolute Gasteiger partial charge is 0.328 e. The number of methoxy groups -OCH3 is 1. The van der Waals surface area contributed by atoms with Gasteiger partial charge in [-0.3, -0.25) is 9.69 Å². The largest absolute Gasteiger partial charge is 0.478 e. The third-order valence-corrected chi connectivity index (χ3v) is 3.60. The number of rotatable bonds is 4. The molecule has 114 valence electrons. The van der Waals surface area contributed by atoms with Crippen LogP contribution in [0.25, 0.3) is 0 Å². The highest BCUT2D eigenvalue weighted by atomic mass is 16.5. The van der Waals surface area contributed by atoms with E-state index in [2.05, 4.69) is 0 Å². The number of hydrogen-bond donors (Lipinski definition) is 1. The molecule has 0 saturated carbocycles. The fourth-order valence-corrected chi connectivity index (χ4v) is 2.39. The molecule has 0 bridgehead atoms. The van der Waals surface area contributed by atoms with Crippen molar-refractivity contribution in [2.75, 3.05) is 12.0 Å². The molecule has 0 aliphatic carbocycles. The van der Waals surface area contributed by atoms with Gasteiger partial charge in [0, 0.05) is 6.54 Å². The van der Waals surface area contributed by atoms with Crippen LogP contribution in [0.3, 0.4) is 0 Å². The third-order valence-electron chi connectivity index (χ3n) is 3.60. The highest BCUT2D eigenvalue weighted by Crippen LogP contribution is 2.37. The van der Waals surface area contributed by atoms with Gasteiger partial charge >= 0.3 is 5.97 Å². The molecule has 2 unspecified atom stereocenters. The van der Waals surface area contributed by atoms with Crippen LogP contribution in [0.1, 0.15) is 25.8 Å². The summed E-state index contributed by atoms with van der Waals surface area (Å²) in [5.41, 5.74) is 7.07. The Morgan fingerprint density at radius 3 is 2.81 bits per heavy atom. The molecule has 6 heteroatoms. The first-order valence-corrected chi connectivity index (χ1v) is 6.94. The third kappa shape index (κ3) is 2.71. The summed E-state index contributed by atoms with van der Waals surface area (Å²) in [6.45, 7) is 3.85. The SMILES string of the molecule is CCC1Oc2ccc(CN)cc2N(C(C)C(=O)OC)C1=O. The second-order valence-electron chi connectivity index (χ2n) is 4.93. The Morgan fingerprint density at radius 1 is 1.52 bits per heavy atom. The Morgan fingerprint density at radius 2 is 2.24 bits per heavy atom. The fraction of sp³-hybridized carbons (Fsp3) is 0.467. The van der Waals surface area contributed by atoms with Crippen molar-refractivity contribution in [1.82, 2.24) is 0 Å². The average Bonchev–Trinajstić information content (AvgIpc) is 2.52. The first-order chi connectivity index (χ1) is 10.0. The zero-order valence-corrected chi connectivity index (χ0v) is 12.5. The Hall–Kier alpha value is -2.08. The molecular formula is C15H20N2O4. The van der Waals surface area contributed by atoms with Gasteiger partial charge in [-0.15, -0.1) is 0 Å². The molecule has 1 amide bonds. The van der Waals surface area contributed by atoms with Crippen LogP contribution in [0.4, 0.5) is 5.69 Å².